The fraction of sp³-hybridized carbons (Fsp3) is 0.700. The Bertz CT molecular complexity index is 224. The van der Waals surface area contributed by atoms with E-state index in [2.05, 4.69) is 18.8 Å². The normalized spacial score (nSPS) is 22.8. The molecule has 1 heterocycles. The summed E-state index contributed by atoms with van der Waals surface area (Å²) in [6.45, 7) is 5.65. The molecule has 1 atom stereocenters. The summed E-state index contributed by atoms with van der Waals surface area (Å²) in [6.07, 6.45) is 2.36. The molecule has 0 bridgehead atoms. The molecule has 0 aromatic carbocycles. The first kappa shape index (κ1) is 9.12. The van der Waals surface area contributed by atoms with Crippen molar-refractivity contribution in [3.63, 3.8) is 0 Å². The van der Waals surface area contributed by atoms with Crippen molar-refractivity contribution in [1.29, 1.82) is 0 Å². The van der Waals surface area contributed by atoms with Crippen molar-refractivity contribution in [2.75, 3.05) is 13.1 Å². The Hall–Kier alpha value is -0.970. The van der Waals surface area contributed by atoms with Gasteiger partial charge in [0.2, 0.25) is 0 Å². The topological polar surface area (TPSA) is 20.3 Å². The summed E-state index contributed by atoms with van der Waals surface area (Å²) < 4.78 is 0. The van der Waals surface area contributed by atoms with E-state index in [4.69, 9.17) is 0 Å². The van der Waals surface area contributed by atoms with E-state index in [1.165, 1.54) is 6.42 Å². The highest BCUT2D eigenvalue weighted by molar-refractivity contribution is 5.93. The summed E-state index contributed by atoms with van der Waals surface area (Å²) in [5, 5.41) is 0. The number of hydrogen-bond donors (Lipinski definition) is 0. The fourth-order valence-corrected chi connectivity index (χ4v) is 1.56. The van der Waals surface area contributed by atoms with Crippen molar-refractivity contribution < 1.29 is 4.79 Å². The van der Waals surface area contributed by atoms with E-state index in [1.807, 2.05) is 4.90 Å². The van der Waals surface area contributed by atoms with Gasteiger partial charge in [-0.05, 0) is 31.6 Å². The van der Waals surface area contributed by atoms with Gasteiger partial charge in [0.25, 0.3) is 5.91 Å². The molecule has 1 aliphatic rings. The van der Waals surface area contributed by atoms with E-state index in [0.29, 0.717) is 5.92 Å². The van der Waals surface area contributed by atoms with Crippen LogP contribution in [0.4, 0.5) is 0 Å². The van der Waals surface area contributed by atoms with Crippen molar-refractivity contribution in [1.82, 2.24) is 4.90 Å². The lowest BCUT2D eigenvalue weighted by Gasteiger charge is -2.29. The summed E-state index contributed by atoms with van der Waals surface area (Å²) >= 11 is 0. The number of carbonyl (C=O) groups is 1. The molecule has 2 heteroatoms. The molecule has 0 saturated carbocycles. The number of amides is 1. The Labute approximate surface area is 73.9 Å². The Morgan fingerprint density at radius 3 is 2.92 bits per heavy atom. The van der Waals surface area contributed by atoms with Crippen LogP contribution in [0.5, 0.6) is 0 Å². The van der Waals surface area contributed by atoms with Crippen LogP contribution in [0.2, 0.25) is 0 Å². The molecule has 12 heavy (non-hydrogen) atoms. The number of hydrogen-bond acceptors (Lipinski definition) is 1. The molecule has 66 valence electrons. The largest absolute Gasteiger partial charge is 0.332 e. The Morgan fingerprint density at radius 2 is 2.33 bits per heavy atom. The van der Waals surface area contributed by atoms with Gasteiger partial charge in [-0.3, -0.25) is 4.79 Å². The highest BCUT2D eigenvalue weighted by Gasteiger charge is 2.18. The summed E-state index contributed by atoms with van der Waals surface area (Å²) in [4.78, 5) is 13.1. The molecular formula is C10H15NO. The minimum Gasteiger partial charge on any atom is -0.332 e. The molecule has 0 spiro atoms. The average molecular weight is 165 g/mol. The Balaban J connectivity index is 2.49. The van der Waals surface area contributed by atoms with E-state index < -0.39 is 0 Å². The zero-order chi connectivity index (χ0) is 8.97. The second-order valence-corrected chi connectivity index (χ2v) is 3.37. The maximum atomic E-state index is 11.3. The van der Waals surface area contributed by atoms with Crippen LogP contribution >= 0.6 is 0 Å². The first-order valence-electron chi connectivity index (χ1n) is 4.45. The zero-order valence-electron chi connectivity index (χ0n) is 7.76. The first-order chi connectivity index (χ1) is 5.74. The van der Waals surface area contributed by atoms with Gasteiger partial charge in [0, 0.05) is 13.1 Å². The van der Waals surface area contributed by atoms with Crippen molar-refractivity contribution >= 4 is 5.91 Å². The number of carbonyl (C=O) groups excluding carboxylic acids is 1. The second-order valence-electron chi connectivity index (χ2n) is 3.37. The highest BCUT2D eigenvalue weighted by Crippen LogP contribution is 2.14. The predicted molar refractivity (Wildman–Crippen MR) is 48.4 cm³/mol. The second kappa shape index (κ2) is 4.15. The lowest BCUT2D eigenvalue weighted by Crippen LogP contribution is -2.38. The summed E-state index contributed by atoms with van der Waals surface area (Å²) in [5.74, 6) is 5.84. The van der Waals surface area contributed by atoms with Gasteiger partial charge in [-0.1, -0.05) is 12.8 Å². The standard InChI is InChI=1S/C10H15NO/c1-3-5-10(12)11-7-4-6-9(2)8-11/h9H,4,6-8H2,1-2H3/t9-/m1/s1. The van der Waals surface area contributed by atoms with Gasteiger partial charge in [0.1, 0.15) is 0 Å². The third kappa shape index (κ3) is 2.27. The lowest BCUT2D eigenvalue weighted by molar-refractivity contribution is -0.126. The van der Waals surface area contributed by atoms with Crippen LogP contribution in [0, 0.1) is 17.8 Å². The number of nitrogens with zero attached hydrogens (tertiary/aromatic N) is 1. The molecule has 2 nitrogen and oxygen atoms in total. The van der Waals surface area contributed by atoms with Crippen LogP contribution < -0.4 is 0 Å². The third-order valence-corrected chi connectivity index (χ3v) is 2.18. The monoisotopic (exact) mass is 165 g/mol. The molecule has 0 unspecified atom stereocenters. The average Bonchev–Trinajstić information content (AvgIpc) is 2.05. The van der Waals surface area contributed by atoms with Crippen molar-refractivity contribution in [3.05, 3.63) is 0 Å². The minimum absolute atomic E-state index is 0.0101. The van der Waals surface area contributed by atoms with Crippen molar-refractivity contribution in [3.8, 4) is 11.8 Å². The van der Waals surface area contributed by atoms with Gasteiger partial charge in [0.05, 0.1) is 0 Å². The van der Waals surface area contributed by atoms with Gasteiger partial charge in [-0.2, -0.15) is 0 Å². The summed E-state index contributed by atoms with van der Waals surface area (Å²) in [7, 11) is 0. The highest BCUT2D eigenvalue weighted by atomic mass is 16.2. The smallest absolute Gasteiger partial charge is 0.298 e. The molecule has 1 amide bonds. The van der Waals surface area contributed by atoms with Crippen LogP contribution in [-0.2, 0) is 4.79 Å². The zero-order valence-corrected chi connectivity index (χ0v) is 7.76. The third-order valence-electron chi connectivity index (χ3n) is 2.18. The van der Waals surface area contributed by atoms with Crippen molar-refractivity contribution in [2.45, 2.75) is 26.7 Å². The number of rotatable bonds is 0. The SMILES string of the molecule is CC#CC(=O)N1CCC[C@@H](C)C1. The molecule has 0 radical (unpaired) electrons. The van der Waals surface area contributed by atoms with Crippen LogP contribution in [0.1, 0.15) is 26.7 Å². The van der Waals surface area contributed by atoms with Gasteiger partial charge in [0.15, 0.2) is 0 Å². The van der Waals surface area contributed by atoms with Crippen LogP contribution in [-0.4, -0.2) is 23.9 Å². The number of likely N-dealkylation sites (tertiary alicyclic amines) is 1. The van der Waals surface area contributed by atoms with E-state index in [1.54, 1.807) is 6.92 Å². The van der Waals surface area contributed by atoms with Gasteiger partial charge in [-0.25, -0.2) is 0 Å². The van der Waals surface area contributed by atoms with E-state index in [-0.39, 0.29) is 5.91 Å². The maximum absolute atomic E-state index is 11.3. The van der Waals surface area contributed by atoms with Crippen LogP contribution in [0.25, 0.3) is 0 Å². The lowest BCUT2D eigenvalue weighted by atomic mass is 10.0. The van der Waals surface area contributed by atoms with Crippen LogP contribution in [0.15, 0.2) is 0 Å². The van der Waals surface area contributed by atoms with Crippen molar-refractivity contribution in [2.24, 2.45) is 5.92 Å². The van der Waals surface area contributed by atoms with Gasteiger partial charge < -0.3 is 4.90 Å². The molecule has 0 aromatic heterocycles. The fourth-order valence-electron chi connectivity index (χ4n) is 1.56. The van der Waals surface area contributed by atoms with Crippen LogP contribution in [0.3, 0.4) is 0 Å². The predicted octanol–water partition coefficient (Wildman–Crippen LogP) is 1.27. The van der Waals surface area contributed by atoms with E-state index in [9.17, 15) is 4.79 Å². The summed E-state index contributed by atoms with van der Waals surface area (Å²) in [5.41, 5.74) is 0. The molecule has 1 rings (SSSR count). The molecule has 0 N–H and O–H groups in total. The Kier molecular flexibility index (Phi) is 3.16. The molecule has 0 aromatic rings. The van der Waals surface area contributed by atoms with Gasteiger partial charge in [-0.15, -0.1) is 0 Å². The molecule has 1 aliphatic heterocycles. The molecule has 1 saturated heterocycles. The quantitative estimate of drug-likeness (QED) is 0.495. The van der Waals surface area contributed by atoms with E-state index >= 15 is 0 Å². The van der Waals surface area contributed by atoms with Gasteiger partial charge >= 0.3 is 0 Å². The minimum atomic E-state index is -0.0101. The number of piperidine rings is 1. The molecular weight excluding hydrogens is 150 g/mol. The first-order valence-corrected chi connectivity index (χ1v) is 4.45. The Morgan fingerprint density at radius 1 is 1.58 bits per heavy atom. The molecule has 1 fully saturated rings. The van der Waals surface area contributed by atoms with E-state index in [0.717, 1.165) is 19.5 Å². The molecule has 0 aliphatic carbocycles. The maximum Gasteiger partial charge on any atom is 0.298 e. The summed E-state index contributed by atoms with van der Waals surface area (Å²) in [6, 6.07) is 0.